The Morgan fingerprint density at radius 2 is 1.93 bits per heavy atom. The van der Waals surface area contributed by atoms with Gasteiger partial charge < -0.3 is 4.90 Å². The second-order valence-corrected chi connectivity index (χ2v) is 4.83. The maximum atomic E-state index is 2.69. The monoisotopic (exact) mass is 196 g/mol. The molecular formula is C12H24N2. The zero-order valence-electron chi connectivity index (χ0n) is 9.71. The van der Waals surface area contributed by atoms with Crippen molar-refractivity contribution in [3.8, 4) is 0 Å². The standard InChI is InChI=1S/C12H24N2/c1-3-7-13-8-5-11-6-9-14(4-2)12(11)10-13/h11-12H,3-10H2,1-2H3. The van der Waals surface area contributed by atoms with Gasteiger partial charge in [0.2, 0.25) is 0 Å². The zero-order valence-corrected chi connectivity index (χ0v) is 9.71. The summed E-state index contributed by atoms with van der Waals surface area (Å²) >= 11 is 0. The maximum Gasteiger partial charge on any atom is 0.0252 e. The molecule has 0 bridgehead atoms. The first-order chi connectivity index (χ1) is 6.85. The molecule has 2 rings (SSSR count). The maximum absolute atomic E-state index is 2.69. The molecule has 2 heterocycles. The fourth-order valence-electron chi connectivity index (χ4n) is 3.21. The summed E-state index contributed by atoms with van der Waals surface area (Å²) < 4.78 is 0. The number of hydrogen-bond acceptors (Lipinski definition) is 2. The van der Waals surface area contributed by atoms with Gasteiger partial charge in [-0.05, 0) is 51.4 Å². The second-order valence-electron chi connectivity index (χ2n) is 4.83. The summed E-state index contributed by atoms with van der Waals surface area (Å²) in [7, 11) is 0. The SMILES string of the molecule is CCCN1CCC2CCN(CC)C2C1. The normalized spacial score (nSPS) is 34.7. The molecule has 2 heteroatoms. The Labute approximate surface area is 88.3 Å². The van der Waals surface area contributed by atoms with Gasteiger partial charge in [-0.15, -0.1) is 0 Å². The molecule has 0 saturated carbocycles. The molecule has 0 amide bonds. The van der Waals surface area contributed by atoms with E-state index in [-0.39, 0.29) is 0 Å². The third-order valence-corrected chi connectivity index (χ3v) is 4.01. The molecule has 0 spiro atoms. The minimum absolute atomic E-state index is 0.889. The van der Waals surface area contributed by atoms with Gasteiger partial charge in [-0.3, -0.25) is 4.90 Å². The van der Waals surface area contributed by atoms with Crippen LogP contribution < -0.4 is 0 Å². The molecule has 2 nitrogen and oxygen atoms in total. The van der Waals surface area contributed by atoms with Gasteiger partial charge in [0.15, 0.2) is 0 Å². The van der Waals surface area contributed by atoms with E-state index < -0.39 is 0 Å². The number of nitrogens with zero attached hydrogens (tertiary/aromatic N) is 2. The van der Waals surface area contributed by atoms with Crippen molar-refractivity contribution in [2.45, 2.75) is 39.2 Å². The van der Waals surface area contributed by atoms with Crippen LogP contribution in [-0.2, 0) is 0 Å². The molecule has 0 aromatic heterocycles. The molecule has 82 valence electrons. The average Bonchev–Trinajstić information content (AvgIpc) is 2.60. The fourth-order valence-corrected chi connectivity index (χ4v) is 3.21. The number of piperidine rings is 1. The molecule has 0 aromatic carbocycles. The van der Waals surface area contributed by atoms with Crippen LogP contribution >= 0.6 is 0 Å². The Bertz CT molecular complexity index is 175. The van der Waals surface area contributed by atoms with Gasteiger partial charge in [-0.2, -0.15) is 0 Å². The number of likely N-dealkylation sites (N-methyl/N-ethyl adjacent to an activating group) is 1. The van der Waals surface area contributed by atoms with Gasteiger partial charge >= 0.3 is 0 Å². The van der Waals surface area contributed by atoms with Gasteiger partial charge in [0, 0.05) is 12.6 Å². The lowest BCUT2D eigenvalue weighted by Crippen LogP contribution is -2.48. The van der Waals surface area contributed by atoms with Gasteiger partial charge in [0.1, 0.15) is 0 Å². The Morgan fingerprint density at radius 1 is 1.14 bits per heavy atom. The summed E-state index contributed by atoms with van der Waals surface area (Å²) in [6.07, 6.45) is 4.21. The number of likely N-dealkylation sites (tertiary alicyclic amines) is 2. The fraction of sp³-hybridized carbons (Fsp3) is 1.00. The summed E-state index contributed by atoms with van der Waals surface area (Å²) in [5, 5.41) is 0. The van der Waals surface area contributed by atoms with Crippen LogP contribution in [-0.4, -0.2) is 48.6 Å². The summed E-state index contributed by atoms with van der Waals surface area (Å²) in [5.74, 6) is 1.02. The van der Waals surface area contributed by atoms with E-state index in [0.29, 0.717) is 0 Å². The molecule has 2 aliphatic rings. The van der Waals surface area contributed by atoms with Crippen molar-refractivity contribution in [2.75, 3.05) is 32.7 Å². The second kappa shape index (κ2) is 4.63. The third kappa shape index (κ3) is 1.96. The first-order valence-electron chi connectivity index (χ1n) is 6.31. The minimum Gasteiger partial charge on any atom is -0.302 e. The molecule has 0 radical (unpaired) electrons. The predicted octanol–water partition coefficient (Wildman–Crippen LogP) is 1.81. The van der Waals surface area contributed by atoms with Crippen molar-refractivity contribution >= 4 is 0 Å². The highest BCUT2D eigenvalue weighted by Gasteiger charge is 2.36. The van der Waals surface area contributed by atoms with Crippen LogP contribution in [0.4, 0.5) is 0 Å². The topological polar surface area (TPSA) is 6.48 Å². The van der Waals surface area contributed by atoms with Gasteiger partial charge in [-0.25, -0.2) is 0 Å². The Hall–Kier alpha value is -0.0800. The summed E-state index contributed by atoms with van der Waals surface area (Å²) in [4.78, 5) is 5.35. The lowest BCUT2D eigenvalue weighted by atomic mass is 9.92. The van der Waals surface area contributed by atoms with E-state index in [4.69, 9.17) is 0 Å². The molecule has 2 atom stereocenters. The number of fused-ring (bicyclic) bond motifs is 1. The molecule has 0 N–H and O–H groups in total. The van der Waals surface area contributed by atoms with E-state index >= 15 is 0 Å². The first kappa shape index (κ1) is 10.4. The Morgan fingerprint density at radius 3 is 2.64 bits per heavy atom. The molecule has 2 aliphatic heterocycles. The summed E-state index contributed by atoms with van der Waals surface area (Å²) in [6.45, 7) is 11.2. The van der Waals surface area contributed by atoms with E-state index in [0.717, 1.165) is 12.0 Å². The van der Waals surface area contributed by atoms with Gasteiger partial charge in [-0.1, -0.05) is 13.8 Å². The van der Waals surface area contributed by atoms with Crippen LogP contribution in [0, 0.1) is 5.92 Å². The molecule has 0 aromatic rings. The van der Waals surface area contributed by atoms with Crippen molar-refractivity contribution in [1.29, 1.82) is 0 Å². The van der Waals surface area contributed by atoms with Crippen LogP contribution in [0.3, 0.4) is 0 Å². The lowest BCUT2D eigenvalue weighted by Gasteiger charge is -2.38. The minimum atomic E-state index is 0.889. The van der Waals surface area contributed by atoms with Gasteiger partial charge in [0.25, 0.3) is 0 Å². The molecule has 2 fully saturated rings. The van der Waals surface area contributed by atoms with Crippen LogP contribution in [0.15, 0.2) is 0 Å². The molecule has 2 saturated heterocycles. The van der Waals surface area contributed by atoms with E-state index in [2.05, 4.69) is 23.6 Å². The van der Waals surface area contributed by atoms with Crippen molar-refractivity contribution < 1.29 is 0 Å². The molecular weight excluding hydrogens is 172 g/mol. The predicted molar refractivity (Wildman–Crippen MR) is 60.5 cm³/mol. The molecule has 14 heavy (non-hydrogen) atoms. The average molecular weight is 196 g/mol. The number of hydrogen-bond donors (Lipinski definition) is 0. The van der Waals surface area contributed by atoms with Crippen LogP contribution in [0.2, 0.25) is 0 Å². The van der Waals surface area contributed by atoms with Crippen molar-refractivity contribution in [3.63, 3.8) is 0 Å². The first-order valence-corrected chi connectivity index (χ1v) is 6.31. The van der Waals surface area contributed by atoms with Crippen molar-refractivity contribution in [2.24, 2.45) is 5.92 Å². The summed E-state index contributed by atoms with van der Waals surface area (Å²) in [5.41, 5.74) is 0. The lowest BCUT2D eigenvalue weighted by molar-refractivity contribution is 0.108. The highest BCUT2D eigenvalue weighted by Crippen LogP contribution is 2.31. The molecule has 2 unspecified atom stereocenters. The largest absolute Gasteiger partial charge is 0.302 e. The van der Waals surface area contributed by atoms with Gasteiger partial charge in [0.05, 0.1) is 0 Å². The highest BCUT2D eigenvalue weighted by atomic mass is 15.2. The van der Waals surface area contributed by atoms with Crippen LogP contribution in [0.5, 0.6) is 0 Å². The Kier molecular flexibility index (Phi) is 3.45. The van der Waals surface area contributed by atoms with Crippen molar-refractivity contribution in [3.05, 3.63) is 0 Å². The highest BCUT2D eigenvalue weighted by molar-refractivity contribution is 4.92. The van der Waals surface area contributed by atoms with Crippen LogP contribution in [0.1, 0.15) is 33.1 Å². The smallest absolute Gasteiger partial charge is 0.0252 e. The van der Waals surface area contributed by atoms with Crippen LogP contribution in [0.25, 0.3) is 0 Å². The van der Waals surface area contributed by atoms with Crippen molar-refractivity contribution in [1.82, 2.24) is 9.80 Å². The van der Waals surface area contributed by atoms with E-state index in [9.17, 15) is 0 Å². The quantitative estimate of drug-likeness (QED) is 0.679. The molecule has 0 aliphatic carbocycles. The van der Waals surface area contributed by atoms with E-state index in [1.54, 1.807) is 0 Å². The zero-order chi connectivity index (χ0) is 9.97. The van der Waals surface area contributed by atoms with E-state index in [1.807, 2.05) is 0 Å². The third-order valence-electron chi connectivity index (χ3n) is 4.01. The number of rotatable bonds is 3. The summed E-state index contributed by atoms with van der Waals surface area (Å²) in [6, 6.07) is 0.889. The van der Waals surface area contributed by atoms with E-state index in [1.165, 1.54) is 52.0 Å². The Balaban J connectivity index is 1.91.